The monoisotopic (exact) mass is 317 g/mol. The first-order valence-corrected chi connectivity index (χ1v) is 8.27. The van der Waals surface area contributed by atoms with E-state index in [1.165, 1.54) is 10.4 Å². The van der Waals surface area contributed by atoms with Gasteiger partial charge in [0.2, 0.25) is 10.0 Å². The van der Waals surface area contributed by atoms with Gasteiger partial charge in [-0.05, 0) is 45.1 Å². The van der Waals surface area contributed by atoms with Crippen LogP contribution in [0.3, 0.4) is 0 Å². The molecule has 1 heterocycles. The number of nitrogens with zero attached hydrogens (tertiary/aromatic N) is 2. The SMILES string of the molecule is Cc1cc(Cl)c(S(=O)(=O)N2CCC(N(C)C)C2)cc1N. The van der Waals surface area contributed by atoms with Gasteiger partial charge in [-0.25, -0.2) is 8.42 Å². The third kappa shape index (κ3) is 2.79. The van der Waals surface area contributed by atoms with Crippen molar-refractivity contribution in [3.63, 3.8) is 0 Å². The Kier molecular flexibility index (Phi) is 4.30. The molecule has 1 fully saturated rings. The molecule has 2 N–H and O–H groups in total. The fourth-order valence-electron chi connectivity index (χ4n) is 2.36. The topological polar surface area (TPSA) is 66.6 Å². The maximum atomic E-state index is 12.7. The highest BCUT2D eigenvalue weighted by atomic mass is 35.5. The van der Waals surface area contributed by atoms with Crippen molar-refractivity contribution in [2.45, 2.75) is 24.3 Å². The highest BCUT2D eigenvalue weighted by molar-refractivity contribution is 7.89. The maximum Gasteiger partial charge on any atom is 0.244 e. The van der Waals surface area contributed by atoms with Crippen molar-refractivity contribution in [2.75, 3.05) is 32.9 Å². The van der Waals surface area contributed by atoms with Crippen LogP contribution in [0.15, 0.2) is 17.0 Å². The number of nitrogens with two attached hydrogens (primary N) is 1. The molecule has 1 aromatic rings. The molecule has 2 rings (SSSR count). The molecule has 1 aromatic carbocycles. The molecule has 112 valence electrons. The second kappa shape index (κ2) is 5.52. The quantitative estimate of drug-likeness (QED) is 0.859. The van der Waals surface area contributed by atoms with E-state index >= 15 is 0 Å². The van der Waals surface area contributed by atoms with Gasteiger partial charge in [-0.3, -0.25) is 0 Å². The first-order chi connectivity index (χ1) is 9.23. The lowest BCUT2D eigenvalue weighted by molar-refractivity contribution is 0.302. The lowest BCUT2D eigenvalue weighted by Gasteiger charge is -2.21. The molecule has 5 nitrogen and oxygen atoms in total. The summed E-state index contributed by atoms with van der Waals surface area (Å²) >= 11 is 6.09. The van der Waals surface area contributed by atoms with Crippen molar-refractivity contribution in [3.8, 4) is 0 Å². The summed E-state index contributed by atoms with van der Waals surface area (Å²) in [4.78, 5) is 2.14. The van der Waals surface area contributed by atoms with Crippen LogP contribution < -0.4 is 5.73 Å². The van der Waals surface area contributed by atoms with Crippen LogP contribution >= 0.6 is 11.6 Å². The Morgan fingerprint density at radius 2 is 2.05 bits per heavy atom. The van der Waals surface area contributed by atoms with Crippen molar-refractivity contribution in [1.29, 1.82) is 0 Å². The van der Waals surface area contributed by atoms with E-state index in [4.69, 9.17) is 17.3 Å². The van der Waals surface area contributed by atoms with Gasteiger partial charge in [-0.1, -0.05) is 11.6 Å². The highest BCUT2D eigenvalue weighted by Gasteiger charge is 2.34. The van der Waals surface area contributed by atoms with E-state index in [0.717, 1.165) is 12.0 Å². The van der Waals surface area contributed by atoms with E-state index in [2.05, 4.69) is 0 Å². The lowest BCUT2D eigenvalue weighted by atomic mass is 10.2. The third-order valence-electron chi connectivity index (χ3n) is 3.79. The van der Waals surface area contributed by atoms with E-state index < -0.39 is 10.0 Å². The smallest absolute Gasteiger partial charge is 0.244 e. The van der Waals surface area contributed by atoms with Crippen molar-refractivity contribution in [1.82, 2.24) is 9.21 Å². The maximum absolute atomic E-state index is 12.7. The Balaban J connectivity index is 2.35. The van der Waals surface area contributed by atoms with Gasteiger partial charge >= 0.3 is 0 Å². The fraction of sp³-hybridized carbons (Fsp3) is 0.538. The molecule has 1 saturated heterocycles. The van der Waals surface area contributed by atoms with E-state index in [-0.39, 0.29) is 16.0 Å². The predicted octanol–water partition coefficient (Wildman–Crippen LogP) is 1.56. The zero-order chi connectivity index (χ0) is 15.1. The summed E-state index contributed by atoms with van der Waals surface area (Å²) in [6.07, 6.45) is 0.825. The minimum atomic E-state index is -3.58. The summed E-state index contributed by atoms with van der Waals surface area (Å²) in [5.41, 5.74) is 7.03. The molecular formula is C13H20ClN3O2S. The first-order valence-electron chi connectivity index (χ1n) is 6.45. The molecule has 0 saturated carbocycles. The van der Waals surface area contributed by atoms with Gasteiger partial charge in [0.05, 0.1) is 5.02 Å². The predicted molar refractivity (Wildman–Crippen MR) is 81.5 cm³/mol. The van der Waals surface area contributed by atoms with E-state index in [9.17, 15) is 8.42 Å². The number of hydrogen-bond acceptors (Lipinski definition) is 4. The summed E-state index contributed by atoms with van der Waals surface area (Å²) < 4.78 is 26.8. The number of nitrogen functional groups attached to an aromatic ring is 1. The Hall–Kier alpha value is -0.820. The van der Waals surface area contributed by atoms with Gasteiger partial charge in [0, 0.05) is 24.8 Å². The van der Waals surface area contributed by atoms with Gasteiger partial charge < -0.3 is 10.6 Å². The summed E-state index contributed by atoms with van der Waals surface area (Å²) in [5.74, 6) is 0. The Morgan fingerprint density at radius 1 is 1.40 bits per heavy atom. The van der Waals surface area contributed by atoms with Crippen LogP contribution in [0.2, 0.25) is 5.02 Å². The number of aryl methyl sites for hydroxylation is 1. The first kappa shape index (κ1) is 15.6. The van der Waals surface area contributed by atoms with Crippen LogP contribution in [-0.4, -0.2) is 50.8 Å². The zero-order valence-electron chi connectivity index (χ0n) is 11.9. The van der Waals surface area contributed by atoms with Crippen LogP contribution in [0, 0.1) is 6.92 Å². The number of sulfonamides is 1. The molecule has 1 atom stereocenters. The molecule has 20 heavy (non-hydrogen) atoms. The number of benzene rings is 1. The average Bonchev–Trinajstić information content (AvgIpc) is 2.83. The van der Waals surface area contributed by atoms with E-state index in [1.54, 1.807) is 13.0 Å². The molecule has 1 aliphatic heterocycles. The Bertz CT molecular complexity index is 616. The molecule has 0 bridgehead atoms. The second-order valence-electron chi connectivity index (χ2n) is 5.41. The molecule has 7 heteroatoms. The van der Waals surface area contributed by atoms with Gasteiger partial charge in [-0.15, -0.1) is 0 Å². The molecular weight excluding hydrogens is 298 g/mol. The summed E-state index contributed by atoms with van der Waals surface area (Å²) in [6, 6.07) is 3.30. The Labute approximate surface area is 125 Å². The summed E-state index contributed by atoms with van der Waals surface area (Å²) in [6.45, 7) is 2.80. The van der Waals surface area contributed by atoms with Crippen molar-refractivity contribution >= 4 is 27.3 Å². The number of hydrogen-bond donors (Lipinski definition) is 1. The third-order valence-corrected chi connectivity index (χ3v) is 6.12. The van der Waals surface area contributed by atoms with Gasteiger partial charge in [0.15, 0.2) is 0 Å². The second-order valence-corrected chi connectivity index (χ2v) is 7.72. The zero-order valence-corrected chi connectivity index (χ0v) is 13.5. The molecule has 0 aliphatic carbocycles. The van der Waals surface area contributed by atoms with Crippen molar-refractivity contribution in [2.24, 2.45) is 0 Å². The van der Waals surface area contributed by atoms with Crippen LogP contribution in [-0.2, 0) is 10.0 Å². The van der Waals surface area contributed by atoms with E-state index in [1.807, 2.05) is 19.0 Å². The fourth-order valence-corrected chi connectivity index (χ4v) is 4.44. The van der Waals surface area contributed by atoms with Gasteiger partial charge in [0.25, 0.3) is 0 Å². The summed E-state index contributed by atoms with van der Waals surface area (Å²) in [5, 5.41) is 0.227. The van der Waals surface area contributed by atoms with Gasteiger partial charge in [-0.2, -0.15) is 4.31 Å². The number of rotatable bonds is 3. The van der Waals surface area contributed by atoms with Crippen LogP contribution in [0.5, 0.6) is 0 Å². The number of anilines is 1. The molecule has 0 amide bonds. The lowest BCUT2D eigenvalue weighted by Crippen LogP contribution is -2.34. The van der Waals surface area contributed by atoms with Crippen LogP contribution in [0.4, 0.5) is 5.69 Å². The largest absolute Gasteiger partial charge is 0.398 e. The van der Waals surface area contributed by atoms with Crippen LogP contribution in [0.25, 0.3) is 0 Å². The average molecular weight is 318 g/mol. The molecule has 0 radical (unpaired) electrons. The molecule has 0 aromatic heterocycles. The number of halogens is 1. The molecule has 0 spiro atoms. The molecule has 1 unspecified atom stereocenters. The molecule has 1 aliphatic rings. The van der Waals surface area contributed by atoms with E-state index in [0.29, 0.717) is 18.8 Å². The standard InChI is InChI=1S/C13H20ClN3O2S/c1-9-6-11(14)13(7-12(9)15)20(18,19)17-5-4-10(8-17)16(2)3/h6-7,10H,4-5,8,15H2,1-3H3. The highest BCUT2D eigenvalue weighted by Crippen LogP contribution is 2.31. The van der Waals surface area contributed by atoms with Crippen molar-refractivity contribution in [3.05, 3.63) is 22.7 Å². The van der Waals surface area contributed by atoms with Gasteiger partial charge in [0.1, 0.15) is 4.90 Å². The normalized spacial score (nSPS) is 20.8. The Morgan fingerprint density at radius 3 is 2.60 bits per heavy atom. The number of likely N-dealkylation sites (N-methyl/N-ethyl adjacent to an activating group) is 1. The van der Waals surface area contributed by atoms with Crippen LogP contribution in [0.1, 0.15) is 12.0 Å². The summed E-state index contributed by atoms with van der Waals surface area (Å²) in [7, 11) is 0.332. The van der Waals surface area contributed by atoms with Crippen molar-refractivity contribution < 1.29 is 8.42 Å². The minimum absolute atomic E-state index is 0.0988. The minimum Gasteiger partial charge on any atom is -0.398 e.